The molecular formula is C18H20Cl2N4O3. The molecule has 0 aliphatic carbocycles. The zero-order chi connectivity index (χ0) is 18.5. The zero-order valence-electron chi connectivity index (χ0n) is 14.4. The van der Waals surface area contributed by atoms with E-state index >= 15 is 0 Å². The highest BCUT2D eigenvalue weighted by Crippen LogP contribution is 2.27. The smallest absolute Gasteiger partial charge is 0.293 e. The van der Waals surface area contributed by atoms with Crippen LogP contribution >= 0.6 is 24.0 Å². The molecule has 0 saturated carbocycles. The number of anilines is 1. The van der Waals surface area contributed by atoms with Crippen molar-refractivity contribution in [2.45, 2.75) is 6.54 Å². The van der Waals surface area contributed by atoms with Gasteiger partial charge in [0.05, 0.1) is 4.92 Å². The van der Waals surface area contributed by atoms with E-state index in [1.807, 2.05) is 18.2 Å². The van der Waals surface area contributed by atoms with Gasteiger partial charge in [0.25, 0.3) is 11.6 Å². The second-order valence-electron chi connectivity index (χ2n) is 6.17. The van der Waals surface area contributed by atoms with Crippen molar-refractivity contribution in [1.29, 1.82) is 0 Å². The summed E-state index contributed by atoms with van der Waals surface area (Å²) in [7, 11) is 0. The molecule has 1 saturated heterocycles. The van der Waals surface area contributed by atoms with E-state index in [0.717, 1.165) is 18.7 Å². The molecular weight excluding hydrogens is 391 g/mol. The van der Waals surface area contributed by atoms with Crippen molar-refractivity contribution < 1.29 is 9.72 Å². The number of hydrogen-bond acceptors (Lipinski definition) is 5. The van der Waals surface area contributed by atoms with Gasteiger partial charge in [-0.1, -0.05) is 29.8 Å². The summed E-state index contributed by atoms with van der Waals surface area (Å²) in [6.07, 6.45) is 0. The number of halogens is 2. The molecule has 0 atom stereocenters. The Hall–Kier alpha value is -2.35. The number of nitrogens with one attached hydrogen (secondary N) is 3. The molecule has 1 heterocycles. The minimum Gasteiger partial charge on any atom is -0.375 e. The fraction of sp³-hybridized carbons (Fsp3) is 0.278. The van der Waals surface area contributed by atoms with Crippen molar-refractivity contribution in [3.63, 3.8) is 0 Å². The van der Waals surface area contributed by atoms with Gasteiger partial charge in [-0.15, -0.1) is 12.4 Å². The first-order valence-corrected chi connectivity index (χ1v) is 8.67. The molecule has 1 fully saturated rings. The second kappa shape index (κ2) is 9.55. The van der Waals surface area contributed by atoms with Gasteiger partial charge < -0.3 is 16.0 Å². The number of benzene rings is 2. The Morgan fingerprint density at radius 1 is 1.26 bits per heavy atom. The van der Waals surface area contributed by atoms with Gasteiger partial charge in [0.2, 0.25) is 0 Å². The van der Waals surface area contributed by atoms with Crippen molar-refractivity contribution in [3.05, 3.63) is 68.7 Å². The molecule has 2 aromatic carbocycles. The van der Waals surface area contributed by atoms with Crippen LogP contribution in [0, 0.1) is 16.0 Å². The number of nitro groups is 1. The number of amides is 1. The molecule has 144 valence electrons. The number of rotatable bonds is 7. The number of carbonyl (C=O) groups excluding carboxylic acids is 1. The van der Waals surface area contributed by atoms with Crippen LogP contribution in [0.2, 0.25) is 5.02 Å². The summed E-state index contributed by atoms with van der Waals surface area (Å²) in [4.78, 5) is 23.1. The fourth-order valence-electron chi connectivity index (χ4n) is 2.64. The van der Waals surface area contributed by atoms with Crippen LogP contribution in [0.1, 0.15) is 15.9 Å². The van der Waals surface area contributed by atoms with Crippen LogP contribution in [-0.4, -0.2) is 30.5 Å². The van der Waals surface area contributed by atoms with Gasteiger partial charge in [-0.25, -0.2) is 0 Å². The monoisotopic (exact) mass is 410 g/mol. The van der Waals surface area contributed by atoms with Gasteiger partial charge in [-0.3, -0.25) is 14.9 Å². The highest BCUT2D eigenvalue weighted by molar-refractivity contribution is 6.31. The van der Waals surface area contributed by atoms with Crippen LogP contribution in [0.25, 0.3) is 0 Å². The average molecular weight is 411 g/mol. The molecule has 7 nitrogen and oxygen atoms in total. The Balaban J connectivity index is 0.00000261. The number of nitro benzene ring substituents is 1. The Morgan fingerprint density at radius 3 is 2.63 bits per heavy atom. The third kappa shape index (κ3) is 5.32. The Kier molecular flexibility index (Phi) is 7.41. The van der Waals surface area contributed by atoms with Crippen LogP contribution in [0.5, 0.6) is 0 Å². The number of carbonyl (C=O) groups is 1. The molecule has 3 rings (SSSR count). The standard InChI is InChI=1S/C18H19ClN4O3.ClH/c19-15-4-2-1-3-14(15)11-21-16-6-5-13(7-17(16)23(25)26)18(24)22-10-12-8-20-9-12;/h1-7,12,20-21H,8-11H2,(H,22,24);1H. The molecule has 1 amide bonds. The first-order chi connectivity index (χ1) is 12.5. The molecule has 3 N–H and O–H groups in total. The summed E-state index contributed by atoms with van der Waals surface area (Å²) in [5.74, 6) is 0.114. The van der Waals surface area contributed by atoms with Crippen LogP contribution in [0.15, 0.2) is 42.5 Å². The Bertz CT molecular complexity index is 828. The van der Waals surface area contributed by atoms with Crippen LogP contribution in [-0.2, 0) is 6.54 Å². The topological polar surface area (TPSA) is 96.3 Å². The van der Waals surface area contributed by atoms with Gasteiger partial charge >= 0.3 is 0 Å². The lowest BCUT2D eigenvalue weighted by molar-refractivity contribution is -0.384. The van der Waals surface area contributed by atoms with Crippen molar-refractivity contribution in [2.75, 3.05) is 25.0 Å². The van der Waals surface area contributed by atoms with Gasteiger partial charge in [-0.05, 0) is 23.8 Å². The van der Waals surface area contributed by atoms with E-state index < -0.39 is 4.92 Å². The zero-order valence-corrected chi connectivity index (χ0v) is 16.0. The predicted molar refractivity (Wildman–Crippen MR) is 108 cm³/mol. The van der Waals surface area contributed by atoms with E-state index in [1.165, 1.54) is 6.07 Å². The molecule has 27 heavy (non-hydrogen) atoms. The molecule has 0 spiro atoms. The van der Waals surface area contributed by atoms with Crippen LogP contribution < -0.4 is 16.0 Å². The SMILES string of the molecule is Cl.O=C(NCC1CNC1)c1ccc(NCc2ccccc2Cl)c([N+](=O)[O-])c1. The molecule has 1 aliphatic heterocycles. The largest absolute Gasteiger partial charge is 0.375 e. The van der Waals surface area contributed by atoms with Crippen LogP contribution in [0.4, 0.5) is 11.4 Å². The Morgan fingerprint density at radius 2 is 2.00 bits per heavy atom. The minimum atomic E-state index is -0.498. The maximum absolute atomic E-state index is 12.2. The number of hydrogen-bond donors (Lipinski definition) is 3. The molecule has 1 aliphatic rings. The highest BCUT2D eigenvalue weighted by Gasteiger charge is 2.20. The molecule has 0 aromatic heterocycles. The average Bonchev–Trinajstić information content (AvgIpc) is 2.59. The lowest BCUT2D eigenvalue weighted by atomic mass is 10.0. The Labute approximate surface area is 168 Å². The minimum absolute atomic E-state index is 0. The lowest BCUT2D eigenvalue weighted by Crippen LogP contribution is -2.48. The van der Waals surface area contributed by atoms with Crippen molar-refractivity contribution in [1.82, 2.24) is 10.6 Å². The summed E-state index contributed by atoms with van der Waals surface area (Å²) < 4.78 is 0. The van der Waals surface area contributed by atoms with E-state index in [-0.39, 0.29) is 29.6 Å². The van der Waals surface area contributed by atoms with E-state index in [9.17, 15) is 14.9 Å². The molecule has 9 heteroatoms. The molecule has 2 aromatic rings. The lowest BCUT2D eigenvalue weighted by Gasteiger charge is -2.27. The van der Waals surface area contributed by atoms with Crippen molar-refractivity contribution >= 4 is 41.3 Å². The molecule has 0 unspecified atom stereocenters. The van der Waals surface area contributed by atoms with Gasteiger partial charge in [0, 0.05) is 48.7 Å². The predicted octanol–water partition coefficient (Wildman–Crippen LogP) is 3.23. The maximum Gasteiger partial charge on any atom is 0.293 e. The summed E-state index contributed by atoms with van der Waals surface area (Å²) in [5.41, 5.74) is 1.30. The fourth-order valence-corrected chi connectivity index (χ4v) is 2.84. The molecule has 0 bridgehead atoms. The van der Waals surface area contributed by atoms with Crippen molar-refractivity contribution in [2.24, 2.45) is 5.92 Å². The van der Waals surface area contributed by atoms with E-state index in [1.54, 1.807) is 18.2 Å². The second-order valence-corrected chi connectivity index (χ2v) is 6.58. The first-order valence-electron chi connectivity index (χ1n) is 8.29. The summed E-state index contributed by atoms with van der Waals surface area (Å²) >= 11 is 6.11. The summed E-state index contributed by atoms with van der Waals surface area (Å²) in [5, 5.41) is 20.9. The first kappa shape index (κ1) is 21.0. The van der Waals surface area contributed by atoms with E-state index in [4.69, 9.17) is 11.6 Å². The summed E-state index contributed by atoms with van der Waals surface area (Å²) in [6.45, 7) is 2.67. The maximum atomic E-state index is 12.2. The van der Waals surface area contributed by atoms with Crippen LogP contribution in [0.3, 0.4) is 0 Å². The quantitative estimate of drug-likeness (QED) is 0.480. The van der Waals surface area contributed by atoms with Gasteiger partial charge in [-0.2, -0.15) is 0 Å². The van der Waals surface area contributed by atoms with Gasteiger partial charge in [0.1, 0.15) is 5.69 Å². The normalized spacial score (nSPS) is 13.2. The van der Waals surface area contributed by atoms with E-state index in [2.05, 4.69) is 16.0 Å². The molecule has 0 radical (unpaired) electrons. The van der Waals surface area contributed by atoms with E-state index in [0.29, 0.717) is 29.7 Å². The van der Waals surface area contributed by atoms with Gasteiger partial charge in [0.15, 0.2) is 0 Å². The summed E-state index contributed by atoms with van der Waals surface area (Å²) in [6, 6.07) is 11.7. The van der Waals surface area contributed by atoms with Crippen molar-refractivity contribution in [3.8, 4) is 0 Å². The number of nitrogens with zero attached hydrogens (tertiary/aromatic N) is 1. The highest BCUT2D eigenvalue weighted by atomic mass is 35.5. The third-order valence-corrected chi connectivity index (χ3v) is 4.67. The third-order valence-electron chi connectivity index (χ3n) is 4.30.